The molecular formula is C58H93O31+. The van der Waals surface area contributed by atoms with Crippen LogP contribution in [-0.2, 0) is 66.4 Å². The Kier molecular flexibility index (Phi) is 25.2. The van der Waals surface area contributed by atoms with Crippen LogP contribution in [0.4, 0.5) is 0 Å². The second kappa shape index (κ2) is 31.7. The summed E-state index contributed by atoms with van der Waals surface area (Å²) in [5.74, 6) is -3.65. The number of fused-ring (bicyclic) bond motifs is 1. The van der Waals surface area contributed by atoms with Gasteiger partial charge in [0.15, 0.2) is 43.5 Å². The topological polar surface area (TPSA) is 481 Å². The van der Waals surface area contributed by atoms with Crippen LogP contribution in [-0.4, -0.2) is 323 Å². The zero-order valence-electron chi connectivity index (χ0n) is 49.6. The second-order valence-electron chi connectivity index (χ2n) is 25.3. The molecule has 0 radical (unpaired) electrons. The monoisotopic (exact) mass is 1290 g/mol. The van der Waals surface area contributed by atoms with Crippen molar-refractivity contribution in [2.45, 2.75) is 261 Å². The molecule has 17 N–H and O–H groups in total. The molecule has 0 amide bonds. The molecule has 9 rings (SSSR count). The van der Waals surface area contributed by atoms with Crippen LogP contribution in [0.25, 0.3) is 0 Å². The summed E-state index contributed by atoms with van der Waals surface area (Å²) < 4.78 is 77.4. The van der Waals surface area contributed by atoms with Gasteiger partial charge in [0, 0.05) is 45.1 Å². The molecule has 31 heteroatoms. The first kappa shape index (κ1) is 70.7. The summed E-state index contributed by atoms with van der Waals surface area (Å²) in [6, 6.07) is 0. The SMILES string of the molecule is COC1CC(C=CC(=O)O[C@H]2[C@H](O[C@H]3[C@H](OC4CC5C(O[C@@H]6O[C@H](CO)[C@@H](O)[C@H](O)[C@H]6O)CC(O)CC5[OH+]C4C4CCC(O)C(O)C4)O[C@H](COC(=O)C=CC4CCC(O)CC4)[C@@H](O)[C@@H]3O)OC[C@@H](O)[C@@H]2O[C@@H]2O[C@H](CO)[C@@H](O)[C@H](O)[C@H]2O)CC(OC)C1O. The van der Waals surface area contributed by atoms with Crippen molar-refractivity contribution in [2.24, 2.45) is 23.7 Å². The van der Waals surface area contributed by atoms with Crippen LogP contribution in [0.15, 0.2) is 24.3 Å². The number of carbonyl (C=O) groups excluding carboxylic acids is 2. The lowest BCUT2D eigenvalue weighted by Gasteiger charge is -2.51. The molecular weight excluding hydrogens is 1190 g/mol. The van der Waals surface area contributed by atoms with Crippen LogP contribution < -0.4 is 0 Å². The van der Waals surface area contributed by atoms with E-state index in [1.165, 1.54) is 26.4 Å². The van der Waals surface area contributed by atoms with Gasteiger partial charge in [0.25, 0.3) is 0 Å². The third-order valence-electron chi connectivity index (χ3n) is 19.3. The van der Waals surface area contributed by atoms with Gasteiger partial charge < -0.3 is 143 Å². The largest absolute Gasteiger partial charge is 0.460 e. The maximum absolute atomic E-state index is 14.1. The number of allylic oxidation sites excluding steroid dienone is 2. The highest BCUT2D eigenvalue weighted by Gasteiger charge is 2.59. The van der Waals surface area contributed by atoms with Gasteiger partial charge in [-0.1, -0.05) is 12.2 Å². The molecule has 5 aliphatic heterocycles. The first-order chi connectivity index (χ1) is 42.5. The number of hydrogen-bond acceptors (Lipinski definition) is 30. The van der Waals surface area contributed by atoms with Gasteiger partial charge in [-0.3, -0.25) is 0 Å². The first-order valence-electron chi connectivity index (χ1n) is 30.9. The van der Waals surface area contributed by atoms with E-state index < -0.39 is 240 Å². The first-order valence-corrected chi connectivity index (χ1v) is 30.9. The molecule has 0 aromatic heterocycles. The lowest BCUT2D eigenvalue weighted by atomic mass is 9.72. The Hall–Kier alpha value is -2.66. The third-order valence-corrected chi connectivity index (χ3v) is 19.3. The van der Waals surface area contributed by atoms with E-state index in [4.69, 9.17) is 61.6 Å². The highest BCUT2D eigenvalue weighted by atomic mass is 16.8. The van der Waals surface area contributed by atoms with Crippen molar-refractivity contribution in [3.05, 3.63) is 24.3 Å². The highest BCUT2D eigenvalue weighted by molar-refractivity contribution is 5.82. The van der Waals surface area contributed by atoms with Crippen LogP contribution in [0.5, 0.6) is 0 Å². The van der Waals surface area contributed by atoms with E-state index in [0.717, 1.165) is 6.08 Å². The fourth-order valence-corrected chi connectivity index (χ4v) is 14.1. The minimum absolute atomic E-state index is 0.0124. The number of methoxy groups -OCH3 is 2. The molecule has 89 heavy (non-hydrogen) atoms. The van der Waals surface area contributed by atoms with E-state index in [9.17, 15) is 91.3 Å². The molecule has 4 aliphatic carbocycles. The Labute approximate surface area is 513 Å². The normalized spacial score (nSPS) is 49.3. The molecule has 0 spiro atoms. The van der Waals surface area contributed by atoms with E-state index in [0.29, 0.717) is 32.1 Å². The van der Waals surface area contributed by atoms with Crippen molar-refractivity contribution in [1.29, 1.82) is 0 Å². The number of hydrogen-bond donors (Lipinski definition) is 16. The van der Waals surface area contributed by atoms with Crippen LogP contribution in [0.1, 0.15) is 77.0 Å². The van der Waals surface area contributed by atoms with Crippen molar-refractivity contribution in [1.82, 2.24) is 0 Å². The molecule has 0 aromatic rings. The average molecular weight is 1290 g/mol. The molecule has 31 nitrogen and oxygen atoms in total. The summed E-state index contributed by atoms with van der Waals surface area (Å²) in [6.45, 7) is -3.02. The maximum atomic E-state index is 14.1. The van der Waals surface area contributed by atoms with Crippen LogP contribution in [0.3, 0.4) is 0 Å². The Morgan fingerprint density at radius 2 is 1.04 bits per heavy atom. The third kappa shape index (κ3) is 16.7. The molecule has 5 saturated heterocycles. The maximum Gasteiger partial charge on any atom is 0.330 e. The minimum Gasteiger partial charge on any atom is -0.460 e. The molecule has 9 aliphatic rings. The quantitative estimate of drug-likeness (QED) is 0.0306. The van der Waals surface area contributed by atoms with E-state index in [1.54, 1.807) is 6.08 Å². The zero-order valence-corrected chi connectivity index (χ0v) is 49.6. The average Bonchev–Trinajstić information content (AvgIpc) is 1.41. The lowest BCUT2D eigenvalue weighted by Crippen LogP contribution is -2.66. The lowest BCUT2D eigenvalue weighted by molar-refractivity contribution is -0.391. The molecule has 30 atom stereocenters. The molecule has 0 aromatic carbocycles. The Bertz CT molecular complexity index is 2260. The van der Waals surface area contributed by atoms with Crippen molar-refractivity contribution in [3.63, 3.8) is 0 Å². The van der Waals surface area contributed by atoms with Crippen molar-refractivity contribution >= 4 is 11.9 Å². The number of aliphatic hydroxyl groups is 18. The Morgan fingerprint density at radius 1 is 0.472 bits per heavy atom. The van der Waals surface area contributed by atoms with Gasteiger partial charge in [0.2, 0.25) is 0 Å². The van der Waals surface area contributed by atoms with Gasteiger partial charge in [-0.2, -0.15) is 0 Å². The van der Waals surface area contributed by atoms with Crippen LogP contribution in [0, 0.1) is 23.7 Å². The molecule has 0 bridgehead atoms. The van der Waals surface area contributed by atoms with Crippen molar-refractivity contribution in [3.8, 4) is 0 Å². The summed E-state index contributed by atoms with van der Waals surface area (Å²) in [5, 5.41) is 175. The van der Waals surface area contributed by atoms with E-state index in [-0.39, 0.29) is 50.9 Å². The number of aliphatic hydroxyl groups excluding tert-OH is 16. The number of carbonyl (C=O) groups is 2. The van der Waals surface area contributed by atoms with Gasteiger partial charge in [-0.05, 0) is 76.0 Å². The molecule has 11 unspecified atom stereocenters. The summed E-state index contributed by atoms with van der Waals surface area (Å²) in [6.07, 6.45) is -35.9. The van der Waals surface area contributed by atoms with Gasteiger partial charge in [-0.25, -0.2) is 9.59 Å². The number of rotatable bonds is 20. The molecule has 4 saturated carbocycles. The predicted octanol–water partition coefficient (Wildman–Crippen LogP) is -6.83. The van der Waals surface area contributed by atoms with E-state index >= 15 is 0 Å². The zero-order chi connectivity index (χ0) is 64.1. The Morgan fingerprint density at radius 3 is 1.66 bits per heavy atom. The van der Waals surface area contributed by atoms with E-state index in [1.807, 2.05) is 0 Å². The molecule has 510 valence electrons. The fourth-order valence-electron chi connectivity index (χ4n) is 14.1. The molecule has 9 fully saturated rings. The summed E-state index contributed by atoms with van der Waals surface area (Å²) in [5.41, 5.74) is 0. The standard InChI is InChI=1S/C58H92O31/c1-77-34-13-24(14-35(78-2)42(34)68)6-12-41(67)87-54-52(88-56-50(76)47(73)44(70)38(20-60)85-56)31(65)21-80-57(54)89-53-48(74)45(71)39(22-79-40(66)11-5-23-3-8-26(61)9-4-23)86-58(53)83-36-18-28-32(81-51(36)25-7-10-29(63)30(64)15-25)16-27(62)17-33(28)82-55-49(75)46(72)43(69)37(19-59)84-55/h5-6,11-12,23-39,42-65,68-76H,3-4,7-10,13-22H2,1-2H3/p+1/t23?,24?,25?,26?,27?,28?,29?,30?,31-,32?,33?,34?,35?,36?,37-,38-,39-,42?,43-,44-,45-,46+,47+,48+,49-,50-,51?,52+,53-,54-,55-,56+,57+,58-/m1/s1. The highest BCUT2D eigenvalue weighted by Crippen LogP contribution is 2.45. The van der Waals surface area contributed by atoms with E-state index in [2.05, 4.69) is 0 Å². The molecule has 5 heterocycles. The predicted molar refractivity (Wildman–Crippen MR) is 293 cm³/mol. The summed E-state index contributed by atoms with van der Waals surface area (Å²) >= 11 is 0. The smallest absolute Gasteiger partial charge is 0.330 e. The fraction of sp³-hybridized carbons (Fsp3) is 0.897. The number of ether oxygens (including phenoxy) is 13. The Balaban J connectivity index is 1.04. The van der Waals surface area contributed by atoms with Gasteiger partial charge in [-0.15, -0.1) is 0 Å². The summed E-state index contributed by atoms with van der Waals surface area (Å²) in [7, 11) is 2.81. The van der Waals surface area contributed by atoms with Crippen LogP contribution >= 0.6 is 0 Å². The summed E-state index contributed by atoms with van der Waals surface area (Å²) in [4.78, 5) is 27.4. The minimum atomic E-state index is -2.09. The van der Waals surface area contributed by atoms with Gasteiger partial charge in [0.1, 0.15) is 104 Å². The van der Waals surface area contributed by atoms with Crippen molar-refractivity contribution < 1.29 is 153 Å². The van der Waals surface area contributed by atoms with Crippen LogP contribution in [0.2, 0.25) is 0 Å². The van der Waals surface area contributed by atoms with Gasteiger partial charge >= 0.3 is 11.9 Å². The van der Waals surface area contributed by atoms with Gasteiger partial charge in [0.05, 0.1) is 68.5 Å². The van der Waals surface area contributed by atoms with Crippen molar-refractivity contribution in [2.75, 3.05) is 40.6 Å². The number of esters is 2. The second-order valence-corrected chi connectivity index (χ2v) is 25.3.